The Bertz CT molecular complexity index is 364. The summed E-state index contributed by atoms with van der Waals surface area (Å²) >= 11 is 0. The van der Waals surface area contributed by atoms with Crippen molar-refractivity contribution in [1.29, 1.82) is 0 Å². The zero-order valence-electron chi connectivity index (χ0n) is 11.7. The van der Waals surface area contributed by atoms with Crippen molar-refractivity contribution in [2.75, 3.05) is 13.2 Å². The summed E-state index contributed by atoms with van der Waals surface area (Å²) in [6, 6.07) is 0.317. The van der Waals surface area contributed by atoms with E-state index in [0.717, 1.165) is 38.4 Å². The number of nitrogens with one attached hydrogen (secondary N) is 1. The first-order valence-electron chi connectivity index (χ1n) is 7.17. The van der Waals surface area contributed by atoms with Gasteiger partial charge in [0.25, 0.3) is 0 Å². The normalized spacial score (nSPS) is 25.5. The van der Waals surface area contributed by atoms with Crippen LogP contribution < -0.4 is 5.32 Å². The number of rotatable bonds is 6. The molecule has 1 aliphatic rings. The molecule has 0 amide bonds. The molecule has 4 nitrogen and oxygen atoms in total. The van der Waals surface area contributed by atoms with Gasteiger partial charge < -0.3 is 14.6 Å². The van der Waals surface area contributed by atoms with E-state index in [1.807, 2.05) is 6.20 Å². The summed E-state index contributed by atoms with van der Waals surface area (Å²) in [7, 11) is 0. The Morgan fingerprint density at radius 2 is 2.33 bits per heavy atom. The van der Waals surface area contributed by atoms with Crippen LogP contribution in [0.4, 0.5) is 0 Å². The molecule has 102 valence electrons. The lowest BCUT2D eigenvalue weighted by atomic mass is 9.90. The lowest BCUT2D eigenvalue weighted by Gasteiger charge is -2.27. The summed E-state index contributed by atoms with van der Waals surface area (Å²) < 4.78 is 8.07. The molecule has 1 aliphatic heterocycles. The number of imidazole rings is 1. The van der Waals surface area contributed by atoms with Gasteiger partial charge in [-0.2, -0.15) is 0 Å². The Hall–Kier alpha value is -0.870. The smallest absolute Gasteiger partial charge is 0.126 e. The van der Waals surface area contributed by atoms with Crippen LogP contribution in [0.1, 0.15) is 45.5 Å². The van der Waals surface area contributed by atoms with Gasteiger partial charge in [-0.05, 0) is 26.3 Å². The molecule has 3 unspecified atom stereocenters. The van der Waals surface area contributed by atoms with Crippen molar-refractivity contribution in [2.45, 2.75) is 52.3 Å². The Labute approximate surface area is 110 Å². The molecule has 3 atom stereocenters. The fraction of sp³-hybridized carbons (Fsp3) is 0.786. The molecule has 0 bridgehead atoms. The van der Waals surface area contributed by atoms with Crippen LogP contribution in [0.5, 0.6) is 0 Å². The molecular weight excluding hydrogens is 226 g/mol. The minimum absolute atomic E-state index is 0.317. The van der Waals surface area contributed by atoms with Crippen molar-refractivity contribution < 1.29 is 4.74 Å². The van der Waals surface area contributed by atoms with Crippen molar-refractivity contribution in [3.63, 3.8) is 0 Å². The fourth-order valence-electron chi connectivity index (χ4n) is 2.99. The van der Waals surface area contributed by atoms with Gasteiger partial charge >= 0.3 is 0 Å². The third kappa shape index (κ3) is 2.59. The van der Waals surface area contributed by atoms with E-state index < -0.39 is 0 Å². The minimum Gasteiger partial charge on any atom is -0.378 e. The van der Waals surface area contributed by atoms with Crippen molar-refractivity contribution in [3.05, 3.63) is 18.2 Å². The van der Waals surface area contributed by atoms with Gasteiger partial charge in [-0.1, -0.05) is 13.8 Å². The summed E-state index contributed by atoms with van der Waals surface area (Å²) in [4.78, 5) is 4.56. The molecule has 2 heterocycles. The highest BCUT2D eigenvalue weighted by molar-refractivity contribution is 5.04. The van der Waals surface area contributed by atoms with Crippen LogP contribution in [0.3, 0.4) is 0 Å². The molecule has 0 aromatic carbocycles. The highest BCUT2D eigenvalue weighted by Crippen LogP contribution is 2.34. The molecule has 1 saturated heterocycles. The second-order valence-electron chi connectivity index (χ2n) is 4.88. The topological polar surface area (TPSA) is 39.1 Å². The van der Waals surface area contributed by atoms with Crippen LogP contribution in [0, 0.1) is 5.92 Å². The summed E-state index contributed by atoms with van der Waals surface area (Å²) in [5.41, 5.74) is 0. The monoisotopic (exact) mass is 251 g/mol. The third-order valence-corrected chi connectivity index (χ3v) is 3.88. The van der Waals surface area contributed by atoms with Crippen LogP contribution in [0.15, 0.2) is 12.4 Å². The zero-order chi connectivity index (χ0) is 13.0. The second-order valence-corrected chi connectivity index (χ2v) is 4.88. The molecule has 0 spiro atoms. The van der Waals surface area contributed by atoms with Gasteiger partial charge in [-0.25, -0.2) is 4.98 Å². The molecule has 2 rings (SSSR count). The van der Waals surface area contributed by atoms with E-state index in [1.165, 1.54) is 0 Å². The van der Waals surface area contributed by atoms with Gasteiger partial charge in [-0.15, -0.1) is 0 Å². The van der Waals surface area contributed by atoms with Crippen LogP contribution in [-0.2, 0) is 11.3 Å². The molecular formula is C14H25N3O. The summed E-state index contributed by atoms with van der Waals surface area (Å²) in [5.74, 6) is 1.70. The van der Waals surface area contributed by atoms with Crippen molar-refractivity contribution in [2.24, 2.45) is 5.92 Å². The van der Waals surface area contributed by atoms with Crippen LogP contribution in [0.2, 0.25) is 0 Å². The largest absolute Gasteiger partial charge is 0.378 e. The van der Waals surface area contributed by atoms with Gasteiger partial charge in [0, 0.05) is 31.5 Å². The predicted octanol–water partition coefficient (Wildman–Crippen LogP) is 2.37. The fourth-order valence-corrected chi connectivity index (χ4v) is 2.99. The first-order chi connectivity index (χ1) is 8.81. The Morgan fingerprint density at radius 3 is 3.00 bits per heavy atom. The van der Waals surface area contributed by atoms with Crippen LogP contribution in [-0.4, -0.2) is 28.8 Å². The highest BCUT2D eigenvalue weighted by atomic mass is 16.5. The van der Waals surface area contributed by atoms with E-state index in [-0.39, 0.29) is 0 Å². The van der Waals surface area contributed by atoms with Crippen LogP contribution >= 0.6 is 0 Å². The Kier molecular flexibility index (Phi) is 4.78. The van der Waals surface area contributed by atoms with Gasteiger partial charge in [-0.3, -0.25) is 0 Å². The second kappa shape index (κ2) is 6.34. The number of nitrogens with zero attached hydrogens (tertiary/aromatic N) is 2. The van der Waals surface area contributed by atoms with Gasteiger partial charge in [0.15, 0.2) is 0 Å². The summed E-state index contributed by atoms with van der Waals surface area (Å²) in [5, 5.41) is 3.60. The summed E-state index contributed by atoms with van der Waals surface area (Å²) in [6.07, 6.45) is 6.55. The molecule has 1 fully saturated rings. The molecule has 1 aromatic rings. The zero-order valence-corrected chi connectivity index (χ0v) is 11.7. The molecule has 1 N–H and O–H groups in total. The number of hydrogen-bond acceptors (Lipinski definition) is 3. The van der Waals surface area contributed by atoms with Crippen molar-refractivity contribution in [3.8, 4) is 0 Å². The van der Waals surface area contributed by atoms with E-state index in [4.69, 9.17) is 4.74 Å². The van der Waals surface area contributed by atoms with E-state index in [9.17, 15) is 0 Å². The standard InChI is InChI=1S/C14H25N3O/c1-4-12-11(7-10-18-12)13(15-5-2)14-16-8-9-17(14)6-3/h8-9,11-13,15H,4-7,10H2,1-3H3. The third-order valence-electron chi connectivity index (χ3n) is 3.88. The lowest BCUT2D eigenvalue weighted by Crippen LogP contribution is -2.34. The molecule has 0 aliphatic carbocycles. The molecule has 1 aromatic heterocycles. The SMILES string of the molecule is CCNC(c1nccn1CC)C1CCOC1CC. The van der Waals surface area contributed by atoms with Crippen molar-refractivity contribution in [1.82, 2.24) is 14.9 Å². The van der Waals surface area contributed by atoms with Gasteiger partial charge in [0.2, 0.25) is 0 Å². The van der Waals surface area contributed by atoms with E-state index >= 15 is 0 Å². The molecule has 18 heavy (non-hydrogen) atoms. The summed E-state index contributed by atoms with van der Waals surface area (Å²) in [6.45, 7) is 9.35. The first-order valence-corrected chi connectivity index (χ1v) is 7.17. The maximum Gasteiger partial charge on any atom is 0.126 e. The average molecular weight is 251 g/mol. The number of ether oxygens (including phenoxy) is 1. The van der Waals surface area contributed by atoms with E-state index in [0.29, 0.717) is 18.1 Å². The lowest BCUT2D eigenvalue weighted by molar-refractivity contribution is 0.0762. The quantitative estimate of drug-likeness (QED) is 0.843. The number of aromatic nitrogens is 2. The van der Waals surface area contributed by atoms with E-state index in [2.05, 4.69) is 41.8 Å². The first kappa shape index (κ1) is 13.6. The van der Waals surface area contributed by atoms with Crippen LogP contribution in [0.25, 0.3) is 0 Å². The molecule has 0 saturated carbocycles. The minimum atomic E-state index is 0.317. The maximum atomic E-state index is 5.84. The number of hydrogen-bond donors (Lipinski definition) is 1. The Morgan fingerprint density at radius 1 is 1.50 bits per heavy atom. The Balaban J connectivity index is 2.22. The number of aryl methyl sites for hydroxylation is 1. The van der Waals surface area contributed by atoms with Gasteiger partial charge in [0.05, 0.1) is 12.1 Å². The maximum absolute atomic E-state index is 5.84. The molecule has 4 heteroatoms. The van der Waals surface area contributed by atoms with E-state index in [1.54, 1.807) is 0 Å². The average Bonchev–Trinajstić information content (AvgIpc) is 3.04. The highest BCUT2D eigenvalue weighted by Gasteiger charge is 2.35. The van der Waals surface area contributed by atoms with Crippen molar-refractivity contribution >= 4 is 0 Å². The predicted molar refractivity (Wildman–Crippen MR) is 72.5 cm³/mol. The van der Waals surface area contributed by atoms with Gasteiger partial charge in [0.1, 0.15) is 5.82 Å². The molecule has 0 radical (unpaired) electrons.